The lowest BCUT2D eigenvalue weighted by Gasteiger charge is -2.29. The fourth-order valence-electron chi connectivity index (χ4n) is 6.55. The number of anilines is 3. The summed E-state index contributed by atoms with van der Waals surface area (Å²) in [6.45, 7) is 4.66. The van der Waals surface area contributed by atoms with Crippen LogP contribution in [-0.4, -0.2) is 4.98 Å². The van der Waals surface area contributed by atoms with Crippen molar-refractivity contribution in [2.45, 2.75) is 19.3 Å². The molecule has 43 heavy (non-hydrogen) atoms. The van der Waals surface area contributed by atoms with E-state index < -0.39 is 0 Å². The Morgan fingerprint density at radius 1 is 0.535 bits per heavy atom. The lowest BCUT2D eigenvalue weighted by atomic mass is 9.82. The van der Waals surface area contributed by atoms with E-state index in [1.807, 2.05) is 36.4 Å². The van der Waals surface area contributed by atoms with E-state index in [-0.39, 0.29) is 5.41 Å². The number of aromatic nitrogens is 1. The molecular formula is C40H30N2O. The molecule has 0 atom stereocenters. The molecule has 3 nitrogen and oxygen atoms in total. The van der Waals surface area contributed by atoms with Crippen LogP contribution in [0.15, 0.2) is 150 Å². The zero-order valence-electron chi connectivity index (χ0n) is 24.2. The molecule has 0 aliphatic heterocycles. The molecule has 0 fully saturated rings. The van der Waals surface area contributed by atoms with Crippen LogP contribution in [0, 0.1) is 0 Å². The average Bonchev–Trinajstić information content (AvgIpc) is 3.59. The Morgan fingerprint density at radius 3 is 1.93 bits per heavy atom. The normalized spacial score (nSPS) is 13.1. The Kier molecular flexibility index (Phi) is 5.80. The first-order chi connectivity index (χ1) is 21.1. The quantitative estimate of drug-likeness (QED) is 0.212. The minimum Gasteiger partial charge on any atom is -0.436 e. The van der Waals surface area contributed by atoms with Gasteiger partial charge in [-0.25, -0.2) is 4.98 Å². The number of nitrogens with zero attached hydrogens (tertiary/aromatic N) is 2. The molecule has 0 N–H and O–H groups in total. The van der Waals surface area contributed by atoms with Crippen LogP contribution in [0.1, 0.15) is 25.0 Å². The first kappa shape index (κ1) is 25.3. The van der Waals surface area contributed by atoms with Crippen LogP contribution < -0.4 is 4.90 Å². The second kappa shape index (κ2) is 9.85. The molecule has 0 amide bonds. The summed E-state index contributed by atoms with van der Waals surface area (Å²) in [5, 5.41) is 0. The summed E-state index contributed by atoms with van der Waals surface area (Å²) in [6, 6.07) is 51.3. The van der Waals surface area contributed by atoms with Crippen LogP contribution in [0.2, 0.25) is 0 Å². The zero-order valence-corrected chi connectivity index (χ0v) is 24.2. The van der Waals surface area contributed by atoms with Gasteiger partial charge in [0.05, 0.1) is 5.69 Å². The Morgan fingerprint density at radius 2 is 1.14 bits per heavy atom. The van der Waals surface area contributed by atoms with E-state index >= 15 is 0 Å². The summed E-state index contributed by atoms with van der Waals surface area (Å²) in [5.74, 6) is 0.626. The molecule has 8 rings (SSSR count). The molecule has 1 aromatic heterocycles. The predicted octanol–water partition coefficient (Wildman–Crippen LogP) is 10.9. The molecule has 3 heteroatoms. The maximum absolute atomic E-state index is 6.19. The summed E-state index contributed by atoms with van der Waals surface area (Å²) in [6.07, 6.45) is 0. The van der Waals surface area contributed by atoms with Gasteiger partial charge >= 0.3 is 0 Å². The van der Waals surface area contributed by atoms with E-state index in [1.165, 1.54) is 27.8 Å². The molecule has 1 aliphatic rings. The van der Waals surface area contributed by atoms with Crippen molar-refractivity contribution in [2.24, 2.45) is 0 Å². The largest absolute Gasteiger partial charge is 0.436 e. The van der Waals surface area contributed by atoms with Crippen molar-refractivity contribution in [3.8, 4) is 33.7 Å². The van der Waals surface area contributed by atoms with Crippen molar-refractivity contribution < 1.29 is 4.42 Å². The maximum atomic E-state index is 6.19. The molecule has 0 saturated heterocycles. The summed E-state index contributed by atoms with van der Waals surface area (Å²) < 4.78 is 6.19. The highest BCUT2D eigenvalue weighted by molar-refractivity contribution is 5.92. The Balaban J connectivity index is 1.33. The summed E-state index contributed by atoms with van der Waals surface area (Å²) in [4.78, 5) is 7.27. The standard InChI is InChI=1S/C40H30N2O/c1-40(2)34-19-11-9-18-32(34)33-23-21-29(25-35(33)40)42(37-20-12-10-17-31(37)27-13-5-3-6-14-27)30-22-24-38-36(26-30)41-39(43-38)28-15-7-4-8-16-28/h3-26H,1-2H3. The van der Waals surface area contributed by atoms with Gasteiger partial charge in [0.1, 0.15) is 5.52 Å². The molecule has 6 aromatic carbocycles. The van der Waals surface area contributed by atoms with Crippen LogP contribution in [-0.2, 0) is 5.41 Å². The van der Waals surface area contributed by atoms with Crippen LogP contribution in [0.4, 0.5) is 17.1 Å². The van der Waals surface area contributed by atoms with E-state index in [0.29, 0.717) is 5.89 Å². The minimum atomic E-state index is -0.104. The van der Waals surface area contributed by atoms with E-state index in [4.69, 9.17) is 9.40 Å². The van der Waals surface area contributed by atoms with Crippen molar-refractivity contribution in [1.29, 1.82) is 0 Å². The second-order valence-corrected chi connectivity index (χ2v) is 11.7. The first-order valence-electron chi connectivity index (χ1n) is 14.7. The molecule has 1 aliphatic carbocycles. The third kappa shape index (κ3) is 4.16. The monoisotopic (exact) mass is 554 g/mol. The van der Waals surface area contributed by atoms with Gasteiger partial charge in [-0.05, 0) is 76.3 Å². The highest BCUT2D eigenvalue weighted by atomic mass is 16.3. The van der Waals surface area contributed by atoms with Crippen LogP contribution >= 0.6 is 0 Å². The van der Waals surface area contributed by atoms with Crippen molar-refractivity contribution >= 4 is 28.2 Å². The number of hydrogen-bond acceptors (Lipinski definition) is 3. The number of oxazole rings is 1. The van der Waals surface area contributed by atoms with Gasteiger partial charge in [0.25, 0.3) is 0 Å². The van der Waals surface area contributed by atoms with E-state index in [1.54, 1.807) is 0 Å². The van der Waals surface area contributed by atoms with Gasteiger partial charge in [0.2, 0.25) is 5.89 Å². The zero-order chi connectivity index (χ0) is 29.0. The highest BCUT2D eigenvalue weighted by Gasteiger charge is 2.35. The average molecular weight is 555 g/mol. The molecule has 0 radical (unpaired) electrons. The third-order valence-electron chi connectivity index (χ3n) is 8.71. The Labute approximate surface area is 251 Å². The van der Waals surface area contributed by atoms with Gasteiger partial charge in [-0.2, -0.15) is 0 Å². The molecule has 0 bridgehead atoms. The molecule has 0 saturated carbocycles. The number of hydrogen-bond donors (Lipinski definition) is 0. The molecular weight excluding hydrogens is 524 g/mol. The lowest BCUT2D eigenvalue weighted by molar-refractivity contribution is 0.620. The van der Waals surface area contributed by atoms with Crippen LogP contribution in [0.5, 0.6) is 0 Å². The van der Waals surface area contributed by atoms with Crippen molar-refractivity contribution in [3.63, 3.8) is 0 Å². The number of rotatable bonds is 5. The molecule has 0 unspecified atom stereocenters. The van der Waals surface area contributed by atoms with Gasteiger partial charge in [-0.15, -0.1) is 0 Å². The fraction of sp³-hybridized carbons (Fsp3) is 0.0750. The van der Waals surface area contributed by atoms with Crippen molar-refractivity contribution in [3.05, 3.63) is 157 Å². The van der Waals surface area contributed by atoms with Crippen molar-refractivity contribution in [2.75, 3.05) is 4.90 Å². The van der Waals surface area contributed by atoms with Gasteiger partial charge in [0.15, 0.2) is 5.58 Å². The topological polar surface area (TPSA) is 29.3 Å². The molecule has 1 heterocycles. The van der Waals surface area contributed by atoms with E-state index in [0.717, 1.165) is 39.3 Å². The Bertz CT molecular complexity index is 2110. The van der Waals surface area contributed by atoms with E-state index in [2.05, 4.69) is 128 Å². The molecule has 206 valence electrons. The van der Waals surface area contributed by atoms with Crippen molar-refractivity contribution in [1.82, 2.24) is 4.98 Å². The van der Waals surface area contributed by atoms with Crippen LogP contribution in [0.25, 0.3) is 44.8 Å². The molecule has 7 aromatic rings. The number of fused-ring (bicyclic) bond motifs is 4. The third-order valence-corrected chi connectivity index (χ3v) is 8.71. The minimum absolute atomic E-state index is 0.104. The van der Waals surface area contributed by atoms with Gasteiger partial charge in [-0.1, -0.05) is 111 Å². The highest BCUT2D eigenvalue weighted by Crippen LogP contribution is 2.51. The maximum Gasteiger partial charge on any atom is 0.227 e. The smallest absolute Gasteiger partial charge is 0.227 e. The fourth-order valence-corrected chi connectivity index (χ4v) is 6.55. The first-order valence-corrected chi connectivity index (χ1v) is 14.7. The Hall–Kier alpha value is -5.41. The summed E-state index contributed by atoms with van der Waals surface area (Å²) >= 11 is 0. The lowest BCUT2D eigenvalue weighted by Crippen LogP contribution is -2.16. The van der Waals surface area contributed by atoms with E-state index in [9.17, 15) is 0 Å². The van der Waals surface area contributed by atoms with Crippen LogP contribution in [0.3, 0.4) is 0 Å². The number of para-hydroxylation sites is 1. The molecule has 0 spiro atoms. The van der Waals surface area contributed by atoms with Gasteiger partial charge in [0, 0.05) is 27.9 Å². The summed E-state index contributed by atoms with van der Waals surface area (Å²) in [5.41, 5.74) is 13.4. The summed E-state index contributed by atoms with van der Waals surface area (Å²) in [7, 11) is 0. The predicted molar refractivity (Wildman–Crippen MR) is 177 cm³/mol. The van der Waals surface area contributed by atoms with Gasteiger partial charge in [-0.3, -0.25) is 0 Å². The van der Waals surface area contributed by atoms with Gasteiger partial charge < -0.3 is 9.32 Å². The number of benzene rings is 6. The SMILES string of the molecule is CC1(C)c2ccccc2-c2ccc(N(c3ccc4oc(-c5ccccc5)nc4c3)c3ccccc3-c3ccccc3)cc21. The second-order valence-electron chi connectivity index (χ2n) is 11.7.